The lowest BCUT2D eigenvalue weighted by Crippen LogP contribution is -2.30. The summed E-state index contributed by atoms with van der Waals surface area (Å²) in [6, 6.07) is 2.00. The van der Waals surface area contributed by atoms with Crippen LogP contribution in [0.2, 0.25) is 0 Å². The summed E-state index contributed by atoms with van der Waals surface area (Å²) in [6.45, 7) is 5.22. The van der Waals surface area contributed by atoms with E-state index in [1.807, 2.05) is 19.9 Å². The Labute approximate surface area is 127 Å². The van der Waals surface area contributed by atoms with Crippen LogP contribution in [0.5, 0.6) is 0 Å². The number of ether oxygens (including phenoxy) is 1. The van der Waals surface area contributed by atoms with Gasteiger partial charge in [0.05, 0.1) is 18.2 Å². The Bertz CT molecular complexity index is 768. The topological polar surface area (TPSA) is 75.7 Å². The maximum Gasteiger partial charge on any atom is 0.262 e. The number of rotatable bonds is 3. The van der Waals surface area contributed by atoms with Crippen LogP contribution < -0.4 is 5.56 Å². The normalized spacial score (nSPS) is 18.3. The highest BCUT2D eigenvalue weighted by Gasteiger charge is 2.20. The zero-order chi connectivity index (χ0) is 15.0. The zero-order valence-electron chi connectivity index (χ0n) is 12.1. The highest BCUT2D eigenvalue weighted by Crippen LogP contribution is 2.18. The average molecular weight is 306 g/mol. The molecular weight excluding hydrogens is 288 g/mol. The summed E-state index contributed by atoms with van der Waals surface area (Å²) >= 11 is 4.97. The lowest BCUT2D eigenvalue weighted by Gasteiger charge is -2.16. The van der Waals surface area contributed by atoms with Gasteiger partial charge < -0.3 is 9.30 Å². The molecule has 3 rings (SSSR count). The van der Waals surface area contributed by atoms with Gasteiger partial charge in [-0.2, -0.15) is 4.98 Å². The first-order valence-corrected chi connectivity index (χ1v) is 7.45. The first kappa shape index (κ1) is 14.2. The van der Waals surface area contributed by atoms with Crippen LogP contribution in [-0.4, -0.2) is 32.5 Å². The predicted molar refractivity (Wildman–Crippen MR) is 81.9 cm³/mol. The second kappa shape index (κ2) is 5.57. The molecule has 0 bridgehead atoms. The van der Waals surface area contributed by atoms with Crippen LogP contribution in [-0.2, 0) is 11.3 Å². The predicted octanol–water partition coefficient (Wildman–Crippen LogP) is 2.09. The molecule has 1 atom stereocenters. The van der Waals surface area contributed by atoms with E-state index in [4.69, 9.17) is 17.0 Å². The van der Waals surface area contributed by atoms with Gasteiger partial charge in [0.2, 0.25) is 4.77 Å². The van der Waals surface area contributed by atoms with Crippen molar-refractivity contribution in [3.8, 4) is 11.4 Å². The maximum atomic E-state index is 12.8. The molecule has 3 heterocycles. The number of hydrogen-bond acceptors (Lipinski definition) is 4. The number of nitrogens with zero attached hydrogens (tertiary/aromatic N) is 2. The van der Waals surface area contributed by atoms with Gasteiger partial charge in [0, 0.05) is 12.3 Å². The van der Waals surface area contributed by atoms with Crippen molar-refractivity contribution in [2.45, 2.75) is 39.3 Å². The van der Waals surface area contributed by atoms with E-state index in [2.05, 4.69) is 15.2 Å². The summed E-state index contributed by atoms with van der Waals surface area (Å²) in [5.74, 6) is 0.489. The monoisotopic (exact) mass is 306 g/mol. The SMILES string of the molecule is Cc1cc(C)n(CC2CCCO2)c(=O)c1-c1nc(=S)[nH][nH]1. The van der Waals surface area contributed by atoms with E-state index in [1.54, 1.807) is 4.57 Å². The Morgan fingerprint density at radius 2 is 2.29 bits per heavy atom. The van der Waals surface area contributed by atoms with Crippen molar-refractivity contribution in [1.29, 1.82) is 0 Å². The van der Waals surface area contributed by atoms with E-state index in [0.29, 0.717) is 22.7 Å². The Hall–Kier alpha value is -1.73. The van der Waals surface area contributed by atoms with Crippen molar-refractivity contribution < 1.29 is 4.74 Å². The molecule has 0 saturated carbocycles. The number of aryl methyl sites for hydroxylation is 2. The highest BCUT2D eigenvalue weighted by atomic mass is 32.1. The van der Waals surface area contributed by atoms with Gasteiger partial charge >= 0.3 is 0 Å². The fraction of sp³-hybridized carbons (Fsp3) is 0.500. The first-order chi connectivity index (χ1) is 10.1. The number of pyridine rings is 1. The molecule has 0 radical (unpaired) electrons. The molecule has 1 unspecified atom stereocenters. The minimum atomic E-state index is -0.0549. The van der Waals surface area contributed by atoms with Gasteiger partial charge in [-0.3, -0.25) is 15.0 Å². The van der Waals surface area contributed by atoms with E-state index in [9.17, 15) is 4.79 Å². The van der Waals surface area contributed by atoms with Crippen LogP contribution in [0.4, 0.5) is 0 Å². The molecule has 2 aromatic rings. The van der Waals surface area contributed by atoms with E-state index < -0.39 is 0 Å². The molecule has 0 aromatic carbocycles. The van der Waals surface area contributed by atoms with Gasteiger partial charge in [0.15, 0.2) is 5.82 Å². The average Bonchev–Trinajstić information content (AvgIpc) is 3.06. The van der Waals surface area contributed by atoms with E-state index >= 15 is 0 Å². The summed E-state index contributed by atoms with van der Waals surface area (Å²) in [7, 11) is 0. The Balaban J connectivity index is 2.08. The summed E-state index contributed by atoms with van der Waals surface area (Å²) in [5.41, 5.74) is 2.33. The van der Waals surface area contributed by atoms with Crippen molar-refractivity contribution in [3.63, 3.8) is 0 Å². The standard InChI is InChI=1S/C14H18N4O2S/c1-8-6-9(2)18(7-10-4-3-5-20-10)13(19)11(8)12-15-14(21)17-16-12/h6,10H,3-5,7H2,1-2H3,(H2,15,16,17,21). The van der Waals surface area contributed by atoms with E-state index in [-0.39, 0.29) is 11.7 Å². The number of hydrogen-bond donors (Lipinski definition) is 2. The minimum Gasteiger partial charge on any atom is -0.376 e. The van der Waals surface area contributed by atoms with Crippen molar-refractivity contribution >= 4 is 12.2 Å². The van der Waals surface area contributed by atoms with Gasteiger partial charge in [0.25, 0.3) is 5.56 Å². The number of aromatic nitrogens is 4. The second-order valence-corrected chi connectivity index (χ2v) is 5.80. The molecule has 0 spiro atoms. The van der Waals surface area contributed by atoms with E-state index in [1.165, 1.54) is 0 Å². The summed E-state index contributed by atoms with van der Waals surface area (Å²) in [5, 5.41) is 5.59. The summed E-state index contributed by atoms with van der Waals surface area (Å²) < 4.78 is 7.75. The van der Waals surface area contributed by atoms with Crippen LogP contribution >= 0.6 is 12.2 Å². The molecule has 0 aliphatic carbocycles. The van der Waals surface area contributed by atoms with Crippen LogP contribution in [0.1, 0.15) is 24.1 Å². The van der Waals surface area contributed by atoms with Gasteiger partial charge in [0.1, 0.15) is 0 Å². The number of nitrogens with one attached hydrogen (secondary N) is 2. The Kier molecular flexibility index (Phi) is 3.77. The number of H-pyrrole nitrogens is 2. The summed E-state index contributed by atoms with van der Waals surface area (Å²) in [4.78, 5) is 17.0. The molecule has 7 heteroatoms. The largest absolute Gasteiger partial charge is 0.376 e. The molecule has 112 valence electrons. The zero-order valence-corrected chi connectivity index (χ0v) is 12.9. The Morgan fingerprint density at radius 3 is 2.90 bits per heavy atom. The molecule has 1 aliphatic rings. The number of aromatic amines is 2. The van der Waals surface area contributed by atoms with Gasteiger partial charge in [-0.1, -0.05) is 0 Å². The van der Waals surface area contributed by atoms with Gasteiger partial charge in [-0.25, -0.2) is 0 Å². The molecule has 6 nitrogen and oxygen atoms in total. The lowest BCUT2D eigenvalue weighted by atomic mass is 10.1. The molecule has 0 amide bonds. The van der Waals surface area contributed by atoms with Gasteiger partial charge in [-0.15, -0.1) is 0 Å². The molecule has 1 saturated heterocycles. The maximum absolute atomic E-state index is 12.8. The summed E-state index contributed by atoms with van der Waals surface area (Å²) in [6.07, 6.45) is 2.18. The third-order valence-electron chi connectivity index (χ3n) is 3.85. The van der Waals surface area contributed by atoms with Crippen LogP contribution in [0, 0.1) is 18.6 Å². The third kappa shape index (κ3) is 2.71. The molecule has 1 fully saturated rings. The molecule has 2 aromatic heterocycles. The van der Waals surface area contributed by atoms with Gasteiger partial charge in [-0.05, 0) is 50.5 Å². The van der Waals surface area contributed by atoms with Crippen LogP contribution in [0.25, 0.3) is 11.4 Å². The van der Waals surface area contributed by atoms with Crippen molar-refractivity contribution in [1.82, 2.24) is 19.7 Å². The molecule has 21 heavy (non-hydrogen) atoms. The molecular formula is C14H18N4O2S. The fourth-order valence-corrected chi connectivity index (χ4v) is 2.96. The van der Waals surface area contributed by atoms with E-state index in [0.717, 1.165) is 30.7 Å². The second-order valence-electron chi connectivity index (χ2n) is 5.41. The fourth-order valence-electron chi connectivity index (χ4n) is 2.82. The highest BCUT2D eigenvalue weighted by molar-refractivity contribution is 7.71. The van der Waals surface area contributed by atoms with Crippen LogP contribution in [0.15, 0.2) is 10.9 Å². The lowest BCUT2D eigenvalue weighted by molar-refractivity contribution is 0.0957. The quantitative estimate of drug-likeness (QED) is 0.851. The van der Waals surface area contributed by atoms with Crippen molar-refractivity contribution in [2.75, 3.05) is 6.61 Å². The van der Waals surface area contributed by atoms with Crippen molar-refractivity contribution in [2.24, 2.45) is 0 Å². The smallest absolute Gasteiger partial charge is 0.262 e. The first-order valence-electron chi connectivity index (χ1n) is 7.04. The molecule has 2 N–H and O–H groups in total. The molecule has 1 aliphatic heterocycles. The van der Waals surface area contributed by atoms with Crippen molar-refractivity contribution in [3.05, 3.63) is 32.4 Å². The minimum absolute atomic E-state index is 0.0549. The third-order valence-corrected chi connectivity index (χ3v) is 4.05. The Morgan fingerprint density at radius 1 is 1.48 bits per heavy atom. The van der Waals surface area contributed by atoms with Crippen LogP contribution in [0.3, 0.4) is 0 Å².